The van der Waals surface area contributed by atoms with E-state index in [-0.39, 0.29) is 17.3 Å². The summed E-state index contributed by atoms with van der Waals surface area (Å²) in [5.41, 5.74) is 2.93. The van der Waals surface area contributed by atoms with Gasteiger partial charge in [-0.05, 0) is 54.3 Å². The first kappa shape index (κ1) is 21.2. The first-order valence-electron chi connectivity index (χ1n) is 10.8. The van der Waals surface area contributed by atoms with Gasteiger partial charge in [-0.3, -0.25) is 4.79 Å². The summed E-state index contributed by atoms with van der Waals surface area (Å²) in [6.45, 7) is 0.598. The van der Waals surface area contributed by atoms with Crippen LogP contribution < -0.4 is 10.2 Å². The Morgan fingerprint density at radius 2 is 1.64 bits per heavy atom. The molecule has 3 aromatic rings. The van der Waals surface area contributed by atoms with Gasteiger partial charge < -0.3 is 10.2 Å². The Bertz CT molecular complexity index is 1310. The van der Waals surface area contributed by atoms with Gasteiger partial charge in [0, 0.05) is 17.8 Å². The zero-order valence-corrected chi connectivity index (χ0v) is 18.7. The maximum absolute atomic E-state index is 13.3. The van der Waals surface area contributed by atoms with Gasteiger partial charge in [0.15, 0.2) is 0 Å². The van der Waals surface area contributed by atoms with E-state index in [1.54, 1.807) is 29.2 Å². The molecule has 168 valence electrons. The third kappa shape index (κ3) is 3.87. The fraction of sp³-hybridized carbons (Fsp3) is 0.200. The minimum Gasteiger partial charge on any atom is -0.328 e. The van der Waals surface area contributed by atoms with Crippen LogP contribution in [0.15, 0.2) is 83.8 Å². The van der Waals surface area contributed by atoms with Gasteiger partial charge in [0.2, 0.25) is 0 Å². The topological polar surface area (TPSA) is 86.8 Å². The number of hydrogen-bond acceptors (Lipinski definition) is 4. The minimum atomic E-state index is -4.03. The van der Waals surface area contributed by atoms with Crippen molar-refractivity contribution in [3.05, 3.63) is 95.6 Å². The standard InChI is InChI=1S/C25H23N3O4S/c29-24(19-10-5-2-6-11-19)27-15-7-12-20-16-21(13-14-23(20)27)33(31,32)28-17-22(26-25(28)30)18-8-3-1-4-9-18/h1-6,8-11,13-14,16,22H,7,12,15,17H2,(H,26,30). The molecule has 3 aromatic carbocycles. The number of sulfonamides is 1. The van der Waals surface area contributed by atoms with Crippen molar-refractivity contribution in [2.45, 2.75) is 23.8 Å². The summed E-state index contributed by atoms with van der Waals surface area (Å²) in [6.07, 6.45) is 1.39. The first-order chi connectivity index (χ1) is 15.9. The molecule has 0 bridgehead atoms. The molecule has 1 N–H and O–H groups in total. The number of rotatable bonds is 4. The average molecular weight is 462 g/mol. The number of carbonyl (C=O) groups excluding carboxylic acids is 2. The maximum Gasteiger partial charge on any atom is 0.331 e. The Labute approximate surface area is 192 Å². The van der Waals surface area contributed by atoms with E-state index in [0.29, 0.717) is 24.2 Å². The number of urea groups is 1. The summed E-state index contributed by atoms with van der Waals surface area (Å²) in [6, 6.07) is 22.0. The number of carbonyl (C=O) groups is 2. The van der Waals surface area contributed by atoms with E-state index < -0.39 is 22.1 Å². The van der Waals surface area contributed by atoms with Crippen LogP contribution in [0, 0.1) is 0 Å². The molecule has 7 nitrogen and oxygen atoms in total. The van der Waals surface area contributed by atoms with Crippen LogP contribution in [0.3, 0.4) is 0 Å². The molecule has 0 aliphatic carbocycles. The SMILES string of the molecule is O=C(c1ccccc1)N1CCCc2cc(S(=O)(=O)N3CC(c4ccccc4)NC3=O)ccc21. The lowest BCUT2D eigenvalue weighted by molar-refractivity contribution is 0.0985. The van der Waals surface area contributed by atoms with Gasteiger partial charge in [-0.2, -0.15) is 0 Å². The highest BCUT2D eigenvalue weighted by Gasteiger charge is 2.39. The van der Waals surface area contributed by atoms with Crippen molar-refractivity contribution in [3.8, 4) is 0 Å². The molecule has 1 saturated heterocycles. The van der Waals surface area contributed by atoms with Crippen molar-refractivity contribution in [2.75, 3.05) is 18.0 Å². The molecule has 5 rings (SSSR count). The van der Waals surface area contributed by atoms with Gasteiger partial charge >= 0.3 is 6.03 Å². The van der Waals surface area contributed by atoms with Gasteiger partial charge in [-0.15, -0.1) is 0 Å². The van der Waals surface area contributed by atoms with Crippen LogP contribution in [0.2, 0.25) is 0 Å². The number of nitrogens with one attached hydrogen (secondary N) is 1. The number of benzene rings is 3. The first-order valence-corrected chi connectivity index (χ1v) is 12.3. The van der Waals surface area contributed by atoms with Gasteiger partial charge in [-0.1, -0.05) is 48.5 Å². The molecule has 2 heterocycles. The van der Waals surface area contributed by atoms with Crippen LogP contribution in [0.25, 0.3) is 0 Å². The Hall–Kier alpha value is -3.65. The van der Waals surface area contributed by atoms with Gasteiger partial charge in [-0.25, -0.2) is 17.5 Å². The van der Waals surface area contributed by atoms with Crippen molar-refractivity contribution in [2.24, 2.45) is 0 Å². The fourth-order valence-corrected chi connectivity index (χ4v) is 5.81. The largest absolute Gasteiger partial charge is 0.331 e. The third-order valence-corrected chi connectivity index (χ3v) is 7.84. The lowest BCUT2D eigenvalue weighted by atomic mass is 10.0. The third-order valence-electron chi connectivity index (χ3n) is 6.10. The molecule has 1 unspecified atom stereocenters. The molecule has 2 aliphatic heterocycles. The van der Waals surface area contributed by atoms with Crippen molar-refractivity contribution in [1.82, 2.24) is 9.62 Å². The number of aryl methyl sites for hydroxylation is 1. The molecule has 1 fully saturated rings. The normalized spacial score (nSPS) is 18.1. The molecule has 2 aliphatic rings. The van der Waals surface area contributed by atoms with Crippen LogP contribution in [0.5, 0.6) is 0 Å². The van der Waals surface area contributed by atoms with E-state index in [9.17, 15) is 18.0 Å². The highest BCUT2D eigenvalue weighted by atomic mass is 32.2. The monoisotopic (exact) mass is 461 g/mol. The second-order valence-electron chi connectivity index (χ2n) is 8.17. The van der Waals surface area contributed by atoms with E-state index in [4.69, 9.17) is 0 Å². The van der Waals surface area contributed by atoms with Gasteiger partial charge in [0.1, 0.15) is 0 Å². The summed E-state index contributed by atoms with van der Waals surface area (Å²) in [7, 11) is -4.03. The number of hydrogen-bond donors (Lipinski definition) is 1. The lowest BCUT2D eigenvalue weighted by Crippen LogP contribution is -2.36. The van der Waals surface area contributed by atoms with Crippen LogP contribution in [-0.4, -0.2) is 37.8 Å². The van der Waals surface area contributed by atoms with Gasteiger partial charge in [0.25, 0.3) is 15.9 Å². The van der Waals surface area contributed by atoms with Crippen molar-refractivity contribution < 1.29 is 18.0 Å². The summed E-state index contributed by atoms with van der Waals surface area (Å²) in [5.74, 6) is -0.114. The molecule has 1 atom stereocenters. The Kier molecular flexibility index (Phi) is 5.38. The second-order valence-corrected chi connectivity index (χ2v) is 10.0. The lowest BCUT2D eigenvalue weighted by Gasteiger charge is -2.30. The molecule has 8 heteroatoms. The second kappa shape index (κ2) is 8.37. The Balaban J connectivity index is 1.42. The quantitative estimate of drug-likeness (QED) is 0.641. The number of anilines is 1. The van der Waals surface area contributed by atoms with E-state index >= 15 is 0 Å². The molecular weight excluding hydrogens is 438 g/mol. The Morgan fingerprint density at radius 3 is 2.36 bits per heavy atom. The Morgan fingerprint density at radius 1 is 0.939 bits per heavy atom. The summed E-state index contributed by atoms with van der Waals surface area (Å²) in [5, 5.41) is 2.75. The van der Waals surface area contributed by atoms with E-state index in [1.165, 1.54) is 6.07 Å². The molecule has 3 amide bonds. The highest BCUT2D eigenvalue weighted by molar-refractivity contribution is 7.89. The number of fused-ring (bicyclic) bond motifs is 1. The smallest absolute Gasteiger partial charge is 0.328 e. The zero-order valence-electron chi connectivity index (χ0n) is 17.8. The summed E-state index contributed by atoms with van der Waals surface area (Å²) >= 11 is 0. The molecule has 0 saturated carbocycles. The fourth-order valence-electron chi connectivity index (χ4n) is 4.41. The molecule has 0 radical (unpaired) electrons. The summed E-state index contributed by atoms with van der Waals surface area (Å²) in [4.78, 5) is 27.3. The van der Waals surface area contributed by atoms with E-state index in [1.807, 2.05) is 48.5 Å². The molecule has 33 heavy (non-hydrogen) atoms. The van der Waals surface area contributed by atoms with E-state index in [2.05, 4.69) is 5.32 Å². The maximum atomic E-state index is 13.3. The predicted molar refractivity (Wildman–Crippen MR) is 124 cm³/mol. The predicted octanol–water partition coefficient (Wildman–Crippen LogP) is 3.73. The van der Waals surface area contributed by atoms with Crippen LogP contribution in [0.1, 0.15) is 33.9 Å². The van der Waals surface area contributed by atoms with Crippen LogP contribution in [-0.2, 0) is 16.4 Å². The van der Waals surface area contributed by atoms with Crippen molar-refractivity contribution >= 4 is 27.6 Å². The van der Waals surface area contributed by atoms with E-state index in [0.717, 1.165) is 21.9 Å². The van der Waals surface area contributed by atoms with Crippen LogP contribution in [0.4, 0.5) is 10.5 Å². The molecule has 0 spiro atoms. The van der Waals surface area contributed by atoms with Crippen LogP contribution >= 0.6 is 0 Å². The van der Waals surface area contributed by atoms with Crippen molar-refractivity contribution in [3.63, 3.8) is 0 Å². The highest BCUT2D eigenvalue weighted by Crippen LogP contribution is 2.33. The van der Waals surface area contributed by atoms with Crippen molar-refractivity contribution in [1.29, 1.82) is 0 Å². The average Bonchev–Trinajstić information content (AvgIpc) is 3.26. The number of nitrogens with zero attached hydrogens (tertiary/aromatic N) is 2. The summed E-state index contributed by atoms with van der Waals surface area (Å²) < 4.78 is 27.5. The molecule has 0 aromatic heterocycles. The minimum absolute atomic E-state index is 0.0287. The zero-order chi connectivity index (χ0) is 23.0. The molecular formula is C25H23N3O4S. The van der Waals surface area contributed by atoms with Gasteiger partial charge in [0.05, 0.1) is 17.5 Å². The number of amides is 3.